The number of aliphatic hydroxyl groups is 1. The van der Waals surface area contributed by atoms with E-state index in [0.717, 1.165) is 5.56 Å². The van der Waals surface area contributed by atoms with Crippen molar-refractivity contribution < 1.29 is 9.90 Å². The lowest BCUT2D eigenvalue weighted by Gasteiger charge is -2.05. The zero-order chi connectivity index (χ0) is 12.0. The van der Waals surface area contributed by atoms with Crippen LogP contribution in [0.1, 0.15) is 25.3 Å². The van der Waals surface area contributed by atoms with Crippen LogP contribution in [0.3, 0.4) is 0 Å². The summed E-state index contributed by atoms with van der Waals surface area (Å²) in [5, 5.41) is 15.8. The Balaban J connectivity index is 2.15. The van der Waals surface area contributed by atoms with E-state index in [1.54, 1.807) is 17.8 Å². The van der Waals surface area contributed by atoms with Crippen molar-refractivity contribution in [2.24, 2.45) is 7.05 Å². The maximum absolute atomic E-state index is 11.4. The van der Waals surface area contributed by atoms with Gasteiger partial charge in [-0.2, -0.15) is 5.10 Å². The molecule has 1 unspecified atom stereocenters. The summed E-state index contributed by atoms with van der Waals surface area (Å²) in [6.07, 6.45) is 5.07. The van der Waals surface area contributed by atoms with E-state index in [9.17, 15) is 4.79 Å². The van der Waals surface area contributed by atoms with E-state index < -0.39 is 0 Å². The van der Waals surface area contributed by atoms with Crippen LogP contribution in [-0.2, 0) is 18.3 Å². The van der Waals surface area contributed by atoms with E-state index >= 15 is 0 Å². The molecule has 0 bridgehead atoms. The first-order chi connectivity index (χ1) is 7.58. The van der Waals surface area contributed by atoms with E-state index in [4.69, 9.17) is 5.11 Å². The number of nitrogens with one attached hydrogen (secondary N) is 1. The number of hydrogen-bond acceptors (Lipinski definition) is 3. The molecule has 0 saturated carbocycles. The lowest BCUT2D eigenvalue weighted by molar-refractivity contribution is -0.121. The Morgan fingerprint density at radius 1 is 1.69 bits per heavy atom. The van der Waals surface area contributed by atoms with E-state index in [1.807, 2.05) is 13.2 Å². The first-order valence-corrected chi connectivity index (χ1v) is 5.50. The molecule has 0 spiro atoms. The molecule has 90 valence electrons. The average molecular weight is 225 g/mol. The number of aromatic nitrogens is 2. The first kappa shape index (κ1) is 12.7. The number of aliphatic hydroxyl groups excluding tert-OH is 1. The molecule has 0 aromatic carbocycles. The SMILES string of the molecule is CC(O)CCNC(=O)CCc1cnn(C)c1. The molecule has 0 saturated heterocycles. The second-order valence-corrected chi connectivity index (χ2v) is 4.01. The van der Waals surface area contributed by atoms with Gasteiger partial charge in [-0.15, -0.1) is 0 Å². The molecule has 0 fully saturated rings. The summed E-state index contributed by atoms with van der Waals surface area (Å²) in [5.41, 5.74) is 1.06. The Morgan fingerprint density at radius 3 is 3.00 bits per heavy atom. The molecule has 0 aliphatic rings. The Labute approximate surface area is 95.5 Å². The molecule has 1 rings (SSSR count). The fourth-order valence-corrected chi connectivity index (χ4v) is 1.37. The van der Waals surface area contributed by atoms with Crippen LogP contribution in [0.15, 0.2) is 12.4 Å². The van der Waals surface area contributed by atoms with Crippen molar-refractivity contribution in [3.8, 4) is 0 Å². The summed E-state index contributed by atoms with van der Waals surface area (Å²) in [6.45, 7) is 2.24. The number of amides is 1. The zero-order valence-electron chi connectivity index (χ0n) is 9.81. The molecule has 1 atom stereocenters. The quantitative estimate of drug-likeness (QED) is 0.728. The molecule has 1 heterocycles. The number of aryl methyl sites for hydroxylation is 2. The van der Waals surface area contributed by atoms with E-state index in [-0.39, 0.29) is 12.0 Å². The van der Waals surface area contributed by atoms with Crippen LogP contribution >= 0.6 is 0 Å². The largest absolute Gasteiger partial charge is 0.393 e. The lowest BCUT2D eigenvalue weighted by Crippen LogP contribution is -2.26. The van der Waals surface area contributed by atoms with Crippen molar-refractivity contribution in [3.05, 3.63) is 18.0 Å². The van der Waals surface area contributed by atoms with Crippen LogP contribution in [0, 0.1) is 0 Å². The topological polar surface area (TPSA) is 67.2 Å². The summed E-state index contributed by atoms with van der Waals surface area (Å²) in [7, 11) is 1.85. The van der Waals surface area contributed by atoms with E-state index in [2.05, 4.69) is 10.4 Å². The van der Waals surface area contributed by atoms with E-state index in [1.165, 1.54) is 0 Å². The molecular formula is C11H19N3O2. The van der Waals surface area contributed by atoms with Gasteiger partial charge in [-0.3, -0.25) is 9.48 Å². The third-order valence-corrected chi connectivity index (χ3v) is 2.28. The Morgan fingerprint density at radius 2 is 2.44 bits per heavy atom. The zero-order valence-corrected chi connectivity index (χ0v) is 9.81. The highest BCUT2D eigenvalue weighted by atomic mass is 16.3. The van der Waals surface area contributed by atoms with Gasteiger partial charge < -0.3 is 10.4 Å². The number of nitrogens with zero attached hydrogens (tertiary/aromatic N) is 2. The lowest BCUT2D eigenvalue weighted by atomic mass is 10.2. The van der Waals surface area contributed by atoms with Crippen molar-refractivity contribution in [3.63, 3.8) is 0 Å². The highest BCUT2D eigenvalue weighted by molar-refractivity contribution is 5.76. The molecule has 16 heavy (non-hydrogen) atoms. The second-order valence-electron chi connectivity index (χ2n) is 4.01. The van der Waals surface area contributed by atoms with Crippen LogP contribution < -0.4 is 5.32 Å². The van der Waals surface area contributed by atoms with Gasteiger partial charge in [-0.25, -0.2) is 0 Å². The van der Waals surface area contributed by atoms with Crippen molar-refractivity contribution in [1.29, 1.82) is 0 Å². The number of rotatable bonds is 6. The predicted octanol–water partition coefficient (Wildman–Crippen LogP) is 0.240. The van der Waals surface area contributed by atoms with Gasteiger partial charge in [0.1, 0.15) is 0 Å². The van der Waals surface area contributed by atoms with Crippen molar-refractivity contribution >= 4 is 5.91 Å². The molecule has 1 aromatic heterocycles. The van der Waals surface area contributed by atoms with Crippen LogP contribution in [0.2, 0.25) is 0 Å². The van der Waals surface area contributed by atoms with E-state index in [0.29, 0.717) is 25.8 Å². The van der Waals surface area contributed by atoms with Crippen LogP contribution in [0.5, 0.6) is 0 Å². The maximum atomic E-state index is 11.4. The fourth-order valence-electron chi connectivity index (χ4n) is 1.37. The molecule has 5 nitrogen and oxygen atoms in total. The number of hydrogen-bond donors (Lipinski definition) is 2. The van der Waals surface area contributed by atoms with Gasteiger partial charge in [0.2, 0.25) is 5.91 Å². The minimum absolute atomic E-state index is 0.0181. The van der Waals surface area contributed by atoms with Crippen LogP contribution in [-0.4, -0.2) is 33.4 Å². The van der Waals surface area contributed by atoms with Crippen molar-refractivity contribution in [2.75, 3.05) is 6.54 Å². The smallest absolute Gasteiger partial charge is 0.220 e. The van der Waals surface area contributed by atoms with Crippen molar-refractivity contribution in [1.82, 2.24) is 15.1 Å². The normalized spacial score (nSPS) is 12.4. The van der Waals surface area contributed by atoms with Crippen molar-refractivity contribution in [2.45, 2.75) is 32.3 Å². The van der Waals surface area contributed by atoms with Gasteiger partial charge in [0.05, 0.1) is 12.3 Å². The monoisotopic (exact) mass is 225 g/mol. The van der Waals surface area contributed by atoms with Gasteiger partial charge in [0.25, 0.3) is 0 Å². The minimum Gasteiger partial charge on any atom is -0.393 e. The third kappa shape index (κ3) is 4.93. The van der Waals surface area contributed by atoms with Gasteiger partial charge in [0.15, 0.2) is 0 Å². The Hall–Kier alpha value is -1.36. The average Bonchev–Trinajstić information content (AvgIpc) is 2.61. The third-order valence-electron chi connectivity index (χ3n) is 2.28. The highest BCUT2D eigenvalue weighted by Gasteiger charge is 2.03. The maximum Gasteiger partial charge on any atom is 0.220 e. The standard InChI is InChI=1S/C11H19N3O2/c1-9(15)5-6-12-11(16)4-3-10-7-13-14(2)8-10/h7-9,15H,3-6H2,1-2H3,(H,12,16). The second kappa shape index (κ2) is 6.27. The summed E-state index contributed by atoms with van der Waals surface area (Å²) < 4.78 is 1.72. The van der Waals surface area contributed by atoms with Gasteiger partial charge in [-0.05, 0) is 25.3 Å². The molecule has 2 N–H and O–H groups in total. The molecule has 0 aliphatic heterocycles. The Kier molecular flexibility index (Phi) is 4.98. The number of carbonyl (C=O) groups is 1. The Bertz CT molecular complexity index is 334. The molecule has 0 radical (unpaired) electrons. The highest BCUT2D eigenvalue weighted by Crippen LogP contribution is 2.00. The van der Waals surface area contributed by atoms with Gasteiger partial charge >= 0.3 is 0 Å². The molecule has 1 aromatic rings. The van der Waals surface area contributed by atoms with Gasteiger partial charge in [0, 0.05) is 26.2 Å². The fraction of sp³-hybridized carbons (Fsp3) is 0.636. The summed E-state index contributed by atoms with van der Waals surface area (Å²) in [6, 6.07) is 0. The first-order valence-electron chi connectivity index (χ1n) is 5.50. The summed E-state index contributed by atoms with van der Waals surface area (Å²) >= 11 is 0. The molecule has 5 heteroatoms. The van der Waals surface area contributed by atoms with Gasteiger partial charge in [-0.1, -0.05) is 0 Å². The summed E-state index contributed by atoms with van der Waals surface area (Å²) in [4.78, 5) is 11.4. The van der Waals surface area contributed by atoms with Crippen LogP contribution in [0.25, 0.3) is 0 Å². The molecular weight excluding hydrogens is 206 g/mol. The minimum atomic E-state index is -0.362. The van der Waals surface area contributed by atoms with Crippen LogP contribution in [0.4, 0.5) is 0 Å². The summed E-state index contributed by atoms with van der Waals surface area (Å²) in [5.74, 6) is 0.0181. The predicted molar refractivity (Wildman–Crippen MR) is 60.8 cm³/mol. The molecule has 0 aliphatic carbocycles. The molecule has 1 amide bonds. The number of carbonyl (C=O) groups excluding carboxylic acids is 1.